The molecule has 1 saturated heterocycles. The summed E-state index contributed by atoms with van der Waals surface area (Å²) >= 11 is 0. The van der Waals surface area contributed by atoms with Crippen molar-refractivity contribution in [3.63, 3.8) is 0 Å². The first-order chi connectivity index (χ1) is 9.77. The van der Waals surface area contributed by atoms with Gasteiger partial charge in [-0.05, 0) is 44.4 Å². The summed E-state index contributed by atoms with van der Waals surface area (Å²) in [5, 5.41) is 2.87. The van der Waals surface area contributed by atoms with Gasteiger partial charge in [0, 0.05) is 10.7 Å². The summed E-state index contributed by atoms with van der Waals surface area (Å²) in [5.74, 6) is -0.138. The van der Waals surface area contributed by atoms with Crippen LogP contribution in [0.15, 0.2) is 29.2 Å². The van der Waals surface area contributed by atoms with E-state index < -0.39 is 15.2 Å². The maximum absolute atomic E-state index is 12.0. The van der Waals surface area contributed by atoms with Gasteiger partial charge >= 0.3 is 0 Å². The van der Waals surface area contributed by atoms with Crippen LogP contribution in [0.2, 0.25) is 0 Å². The first-order valence-corrected chi connectivity index (χ1v) is 9.09. The van der Waals surface area contributed by atoms with Crippen molar-refractivity contribution >= 4 is 25.6 Å². The van der Waals surface area contributed by atoms with Crippen molar-refractivity contribution < 1.29 is 17.9 Å². The zero-order valence-electron chi connectivity index (χ0n) is 11.9. The van der Waals surface area contributed by atoms with E-state index in [1.54, 1.807) is 12.1 Å². The lowest BCUT2D eigenvalue weighted by atomic mass is 10.1. The molecule has 0 aromatic heterocycles. The molecule has 1 heterocycles. The molecule has 1 aromatic carbocycles. The minimum absolute atomic E-state index is 0.0411. The van der Waals surface area contributed by atoms with Gasteiger partial charge in [-0.25, -0.2) is 8.42 Å². The monoisotopic (exact) mass is 331 g/mol. The number of benzene rings is 1. The molecule has 0 bridgehead atoms. The number of carbonyl (C=O) groups is 1. The van der Waals surface area contributed by atoms with E-state index in [4.69, 9.17) is 15.4 Å². The maximum Gasteiger partial charge on any atom is 0.261 e. The SMILES string of the molecule is CC1CCC(C(=O)NC(C)c2ccc(S(=O)(=O)Cl)cc2)O1. The summed E-state index contributed by atoms with van der Waals surface area (Å²) < 4.78 is 27.9. The van der Waals surface area contributed by atoms with Crippen LogP contribution < -0.4 is 5.32 Å². The lowest BCUT2D eigenvalue weighted by Crippen LogP contribution is -2.36. The third-order valence-corrected chi connectivity index (χ3v) is 4.91. The van der Waals surface area contributed by atoms with Crippen molar-refractivity contribution in [1.82, 2.24) is 5.32 Å². The second kappa shape index (κ2) is 6.34. The van der Waals surface area contributed by atoms with Crippen LogP contribution >= 0.6 is 10.7 Å². The largest absolute Gasteiger partial charge is 0.365 e. The van der Waals surface area contributed by atoms with E-state index in [1.165, 1.54) is 12.1 Å². The van der Waals surface area contributed by atoms with Crippen LogP contribution in [-0.2, 0) is 18.6 Å². The average molecular weight is 332 g/mol. The number of hydrogen-bond acceptors (Lipinski definition) is 4. The van der Waals surface area contributed by atoms with E-state index in [0.717, 1.165) is 18.4 Å². The molecule has 0 spiro atoms. The van der Waals surface area contributed by atoms with Gasteiger partial charge in [-0.3, -0.25) is 4.79 Å². The van der Waals surface area contributed by atoms with Gasteiger partial charge in [-0.15, -0.1) is 0 Å². The molecular formula is C14H18ClNO4S. The first-order valence-electron chi connectivity index (χ1n) is 6.78. The van der Waals surface area contributed by atoms with Crippen LogP contribution in [0.25, 0.3) is 0 Å². The number of ether oxygens (including phenoxy) is 1. The van der Waals surface area contributed by atoms with Crippen LogP contribution in [0.5, 0.6) is 0 Å². The van der Waals surface area contributed by atoms with Crippen molar-refractivity contribution in [3.05, 3.63) is 29.8 Å². The minimum atomic E-state index is -3.72. The molecule has 1 aliphatic heterocycles. The lowest BCUT2D eigenvalue weighted by Gasteiger charge is -2.17. The lowest BCUT2D eigenvalue weighted by molar-refractivity contribution is -0.132. The van der Waals surface area contributed by atoms with E-state index in [0.29, 0.717) is 0 Å². The molecule has 1 N–H and O–H groups in total. The molecule has 7 heteroatoms. The second-order valence-corrected chi connectivity index (χ2v) is 7.82. The Morgan fingerprint density at radius 1 is 1.33 bits per heavy atom. The first kappa shape index (κ1) is 16.3. The summed E-state index contributed by atoms with van der Waals surface area (Å²) in [5.41, 5.74) is 0.804. The highest BCUT2D eigenvalue weighted by Crippen LogP contribution is 2.22. The van der Waals surface area contributed by atoms with Crippen LogP contribution in [0, 0.1) is 0 Å². The van der Waals surface area contributed by atoms with Crippen molar-refractivity contribution in [2.75, 3.05) is 0 Å². The number of halogens is 1. The molecule has 1 fully saturated rings. The topological polar surface area (TPSA) is 72.5 Å². The maximum atomic E-state index is 12.0. The zero-order valence-corrected chi connectivity index (χ0v) is 13.4. The molecule has 0 aliphatic carbocycles. The summed E-state index contributed by atoms with van der Waals surface area (Å²) in [6.07, 6.45) is 1.33. The number of nitrogens with one attached hydrogen (secondary N) is 1. The fourth-order valence-electron chi connectivity index (χ4n) is 2.30. The number of amides is 1. The van der Waals surface area contributed by atoms with Gasteiger partial charge < -0.3 is 10.1 Å². The van der Waals surface area contributed by atoms with Gasteiger partial charge in [-0.1, -0.05) is 12.1 Å². The third-order valence-electron chi connectivity index (χ3n) is 3.54. The van der Waals surface area contributed by atoms with Crippen LogP contribution in [-0.4, -0.2) is 26.5 Å². The summed E-state index contributed by atoms with van der Waals surface area (Å²) in [6.45, 7) is 3.78. The molecule has 1 amide bonds. The van der Waals surface area contributed by atoms with E-state index in [2.05, 4.69) is 5.32 Å². The van der Waals surface area contributed by atoms with E-state index in [9.17, 15) is 13.2 Å². The van der Waals surface area contributed by atoms with E-state index in [-0.39, 0.29) is 22.9 Å². The molecular weight excluding hydrogens is 314 g/mol. The van der Waals surface area contributed by atoms with E-state index >= 15 is 0 Å². The van der Waals surface area contributed by atoms with Gasteiger partial charge in [0.15, 0.2) is 0 Å². The zero-order chi connectivity index (χ0) is 15.6. The summed E-state index contributed by atoms with van der Waals surface area (Å²) in [7, 11) is 1.54. The van der Waals surface area contributed by atoms with Crippen molar-refractivity contribution in [2.45, 2.75) is 49.8 Å². The number of rotatable bonds is 4. The molecule has 3 atom stereocenters. The van der Waals surface area contributed by atoms with Gasteiger partial charge in [0.2, 0.25) is 5.91 Å². The predicted molar refractivity (Wildman–Crippen MR) is 79.6 cm³/mol. The van der Waals surface area contributed by atoms with Crippen LogP contribution in [0.1, 0.15) is 38.3 Å². The molecule has 2 rings (SSSR count). The molecule has 1 aliphatic rings. The number of carbonyl (C=O) groups excluding carboxylic acids is 1. The predicted octanol–water partition coefficient (Wildman–Crippen LogP) is 2.36. The summed E-state index contributed by atoms with van der Waals surface area (Å²) in [6, 6.07) is 5.89. The Morgan fingerprint density at radius 2 is 1.95 bits per heavy atom. The van der Waals surface area contributed by atoms with Crippen LogP contribution in [0.4, 0.5) is 0 Å². The Labute approximate surface area is 129 Å². The van der Waals surface area contributed by atoms with Crippen molar-refractivity contribution in [2.24, 2.45) is 0 Å². The minimum Gasteiger partial charge on any atom is -0.365 e. The Balaban J connectivity index is 2.00. The summed E-state index contributed by atoms with van der Waals surface area (Å²) in [4.78, 5) is 12.1. The molecule has 0 saturated carbocycles. The van der Waals surface area contributed by atoms with Crippen molar-refractivity contribution in [1.29, 1.82) is 0 Å². The van der Waals surface area contributed by atoms with Gasteiger partial charge in [-0.2, -0.15) is 0 Å². The highest BCUT2D eigenvalue weighted by atomic mass is 35.7. The highest BCUT2D eigenvalue weighted by Gasteiger charge is 2.28. The molecule has 3 unspecified atom stereocenters. The van der Waals surface area contributed by atoms with Gasteiger partial charge in [0.1, 0.15) is 6.10 Å². The standard InChI is InChI=1S/C14H18ClNO4S/c1-9-3-8-13(20-9)14(17)16-10(2)11-4-6-12(7-5-11)21(15,18)19/h4-7,9-10,13H,3,8H2,1-2H3,(H,16,17). The second-order valence-electron chi connectivity index (χ2n) is 5.25. The molecule has 5 nitrogen and oxygen atoms in total. The number of hydrogen-bond donors (Lipinski definition) is 1. The van der Waals surface area contributed by atoms with Crippen molar-refractivity contribution in [3.8, 4) is 0 Å². The Hall–Kier alpha value is -1.11. The Bertz CT molecular complexity index is 614. The van der Waals surface area contributed by atoms with E-state index in [1.807, 2.05) is 13.8 Å². The molecule has 0 radical (unpaired) electrons. The average Bonchev–Trinajstić information content (AvgIpc) is 2.84. The molecule has 116 valence electrons. The highest BCUT2D eigenvalue weighted by molar-refractivity contribution is 8.13. The third kappa shape index (κ3) is 4.18. The normalized spacial score (nSPS) is 23.8. The fraction of sp³-hybridized carbons (Fsp3) is 0.500. The van der Waals surface area contributed by atoms with Gasteiger partial charge in [0.25, 0.3) is 9.05 Å². The smallest absolute Gasteiger partial charge is 0.261 e. The quantitative estimate of drug-likeness (QED) is 0.860. The Kier molecular flexibility index (Phi) is 4.91. The fourth-order valence-corrected chi connectivity index (χ4v) is 3.07. The Morgan fingerprint density at radius 3 is 2.43 bits per heavy atom. The molecule has 1 aromatic rings. The van der Waals surface area contributed by atoms with Crippen LogP contribution in [0.3, 0.4) is 0 Å². The molecule has 21 heavy (non-hydrogen) atoms. The van der Waals surface area contributed by atoms with Gasteiger partial charge in [0.05, 0.1) is 17.0 Å².